The molecule has 2 aliphatic rings. The van der Waals surface area contributed by atoms with Gasteiger partial charge in [-0.1, -0.05) is 58.3 Å². The Morgan fingerprint density at radius 1 is 0.963 bits per heavy atom. The van der Waals surface area contributed by atoms with E-state index in [9.17, 15) is 14.7 Å². The minimum absolute atomic E-state index is 0.00433. The van der Waals surface area contributed by atoms with Crippen molar-refractivity contribution < 1.29 is 24.2 Å². The van der Waals surface area contributed by atoms with Gasteiger partial charge in [0.05, 0.1) is 5.57 Å². The van der Waals surface area contributed by atoms with Crippen LogP contribution in [-0.4, -0.2) is 29.6 Å². The van der Waals surface area contributed by atoms with Crippen LogP contribution in [0.2, 0.25) is 0 Å². The van der Waals surface area contributed by atoms with Crippen LogP contribution in [0.15, 0.2) is 34.8 Å². The predicted molar refractivity (Wildman–Crippen MR) is 104 cm³/mol. The second-order valence-electron chi connectivity index (χ2n) is 7.11. The molecule has 150 valence electrons. The van der Waals surface area contributed by atoms with Gasteiger partial charge in [-0.25, -0.2) is 0 Å². The monoisotopic (exact) mass is 376 g/mol. The molecule has 0 aromatic heterocycles. The number of unbranched alkanes of at least 4 members (excludes halogenated alkanes) is 8. The molecule has 1 atom stereocenters. The van der Waals surface area contributed by atoms with E-state index in [4.69, 9.17) is 9.47 Å². The maximum absolute atomic E-state index is 12.7. The normalized spacial score (nSPS) is 19.6. The van der Waals surface area contributed by atoms with Crippen LogP contribution in [-0.2, 0) is 19.1 Å². The summed E-state index contributed by atoms with van der Waals surface area (Å²) in [5, 5.41) is 10.2. The minimum atomic E-state index is -0.667. The summed E-state index contributed by atoms with van der Waals surface area (Å²) in [6, 6.07) is 0. The number of carbonyl (C=O) groups is 2. The third-order valence-electron chi connectivity index (χ3n) is 4.99. The Hall–Kier alpha value is -1.88. The van der Waals surface area contributed by atoms with E-state index in [1.165, 1.54) is 44.6 Å². The Kier molecular flexibility index (Phi) is 8.79. The standard InChI is InChI=1S/C22H32O5/c1-3-5-6-7-8-9-10-11-12-13-16-19(23)20(24)17-14-15-18(26-4-2)27-22(17)21(16)25/h14-15,18,23H,3-13H2,1-2H3/t18-/m1/s1. The molecule has 0 bridgehead atoms. The van der Waals surface area contributed by atoms with E-state index in [0.29, 0.717) is 13.0 Å². The summed E-state index contributed by atoms with van der Waals surface area (Å²) in [6.07, 6.45) is 13.3. The summed E-state index contributed by atoms with van der Waals surface area (Å²) in [6.45, 7) is 4.48. The first kappa shape index (κ1) is 21.4. The van der Waals surface area contributed by atoms with Gasteiger partial charge in [0.2, 0.25) is 17.9 Å². The molecule has 0 fully saturated rings. The van der Waals surface area contributed by atoms with Crippen LogP contribution >= 0.6 is 0 Å². The van der Waals surface area contributed by atoms with Crippen LogP contribution in [0.3, 0.4) is 0 Å². The molecule has 0 aromatic rings. The number of rotatable bonds is 12. The summed E-state index contributed by atoms with van der Waals surface area (Å²) >= 11 is 0. The van der Waals surface area contributed by atoms with Gasteiger partial charge in [-0.05, 0) is 31.9 Å². The second-order valence-corrected chi connectivity index (χ2v) is 7.11. The number of ether oxygens (including phenoxy) is 2. The largest absolute Gasteiger partial charge is 0.504 e. The zero-order chi connectivity index (χ0) is 19.6. The highest BCUT2D eigenvalue weighted by atomic mass is 16.7. The van der Waals surface area contributed by atoms with Crippen LogP contribution in [0.1, 0.15) is 78.1 Å². The van der Waals surface area contributed by atoms with Gasteiger partial charge >= 0.3 is 0 Å². The highest BCUT2D eigenvalue weighted by Gasteiger charge is 2.37. The van der Waals surface area contributed by atoms with Gasteiger partial charge in [-0.3, -0.25) is 9.59 Å². The van der Waals surface area contributed by atoms with Crippen LogP contribution in [0, 0.1) is 0 Å². The topological polar surface area (TPSA) is 72.8 Å². The zero-order valence-corrected chi connectivity index (χ0v) is 16.6. The highest BCUT2D eigenvalue weighted by molar-refractivity contribution is 6.24. The molecule has 5 nitrogen and oxygen atoms in total. The van der Waals surface area contributed by atoms with E-state index in [1.54, 1.807) is 6.08 Å². The van der Waals surface area contributed by atoms with Crippen molar-refractivity contribution in [1.82, 2.24) is 0 Å². The fraction of sp³-hybridized carbons (Fsp3) is 0.636. The van der Waals surface area contributed by atoms with Crippen molar-refractivity contribution in [2.45, 2.75) is 84.3 Å². The van der Waals surface area contributed by atoms with Crippen molar-refractivity contribution in [1.29, 1.82) is 0 Å². The average Bonchev–Trinajstić information content (AvgIpc) is 2.67. The van der Waals surface area contributed by atoms with E-state index < -0.39 is 23.6 Å². The summed E-state index contributed by atoms with van der Waals surface area (Å²) < 4.78 is 10.9. The maximum Gasteiger partial charge on any atom is 0.231 e. The minimum Gasteiger partial charge on any atom is -0.504 e. The van der Waals surface area contributed by atoms with E-state index in [-0.39, 0.29) is 16.9 Å². The van der Waals surface area contributed by atoms with Crippen molar-refractivity contribution in [3.8, 4) is 0 Å². The molecule has 0 aromatic carbocycles. The smallest absolute Gasteiger partial charge is 0.231 e. The first-order valence-corrected chi connectivity index (χ1v) is 10.3. The number of aliphatic hydroxyl groups excluding tert-OH is 1. The Bertz CT molecular complexity index is 627. The van der Waals surface area contributed by atoms with Crippen molar-refractivity contribution in [2.75, 3.05) is 6.61 Å². The van der Waals surface area contributed by atoms with Gasteiger partial charge in [0.25, 0.3) is 0 Å². The quantitative estimate of drug-likeness (QED) is 0.380. The molecule has 1 N–H and O–H groups in total. The van der Waals surface area contributed by atoms with Gasteiger partial charge in [0, 0.05) is 12.2 Å². The summed E-state index contributed by atoms with van der Waals surface area (Å²) in [4.78, 5) is 25.0. The van der Waals surface area contributed by atoms with Crippen molar-refractivity contribution in [3.63, 3.8) is 0 Å². The number of ketones is 2. The number of hydrogen-bond acceptors (Lipinski definition) is 5. The molecule has 2 rings (SSSR count). The molecule has 0 unspecified atom stereocenters. The molecule has 0 radical (unpaired) electrons. The van der Waals surface area contributed by atoms with E-state index in [1.807, 2.05) is 6.92 Å². The van der Waals surface area contributed by atoms with E-state index >= 15 is 0 Å². The van der Waals surface area contributed by atoms with Gasteiger partial charge < -0.3 is 14.6 Å². The fourth-order valence-electron chi connectivity index (χ4n) is 3.43. The molecule has 0 spiro atoms. The fourth-order valence-corrected chi connectivity index (χ4v) is 3.43. The third-order valence-corrected chi connectivity index (χ3v) is 4.99. The number of aliphatic hydroxyl groups is 1. The predicted octanol–water partition coefficient (Wildman–Crippen LogP) is 5.07. The molecule has 27 heavy (non-hydrogen) atoms. The lowest BCUT2D eigenvalue weighted by atomic mass is 9.89. The SMILES string of the molecule is CCCCCCCCCCCC1=C(O)C(=O)C2=C(O[C@@H](OCC)C=C2)C1=O. The molecule has 1 heterocycles. The van der Waals surface area contributed by atoms with Crippen molar-refractivity contribution in [3.05, 3.63) is 34.8 Å². The lowest BCUT2D eigenvalue weighted by Crippen LogP contribution is -2.30. The number of hydrogen-bond donors (Lipinski definition) is 1. The lowest BCUT2D eigenvalue weighted by Gasteiger charge is -2.26. The molecule has 0 saturated heterocycles. The second kappa shape index (κ2) is 11.1. The summed E-state index contributed by atoms with van der Waals surface area (Å²) in [7, 11) is 0. The molecule has 1 aliphatic carbocycles. The summed E-state index contributed by atoms with van der Waals surface area (Å²) in [5.74, 6) is -1.36. The highest BCUT2D eigenvalue weighted by Crippen LogP contribution is 2.31. The van der Waals surface area contributed by atoms with E-state index in [2.05, 4.69) is 6.92 Å². The Labute approximate surface area is 162 Å². The van der Waals surface area contributed by atoms with Gasteiger partial charge in [0.15, 0.2) is 11.5 Å². The van der Waals surface area contributed by atoms with Gasteiger partial charge in [-0.2, -0.15) is 0 Å². The first-order chi connectivity index (χ1) is 13.1. The molecular formula is C22H32O5. The number of allylic oxidation sites excluding steroid dienone is 3. The first-order valence-electron chi connectivity index (χ1n) is 10.3. The lowest BCUT2D eigenvalue weighted by molar-refractivity contribution is -0.129. The summed E-state index contributed by atoms with van der Waals surface area (Å²) in [5.41, 5.74) is 0.288. The molecule has 1 aliphatic heterocycles. The molecular weight excluding hydrogens is 344 g/mol. The van der Waals surface area contributed by atoms with Crippen LogP contribution in [0.25, 0.3) is 0 Å². The Morgan fingerprint density at radius 2 is 1.59 bits per heavy atom. The van der Waals surface area contributed by atoms with Crippen LogP contribution < -0.4 is 0 Å². The van der Waals surface area contributed by atoms with Crippen LogP contribution in [0.5, 0.6) is 0 Å². The molecule has 5 heteroatoms. The Balaban J connectivity index is 1.81. The van der Waals surface area contributed by atoms with Crippen molar-refractivity contribution >= 4 is 11.6 Å². The average molecular weight is 376 g/mol. The Morgan fingerprint density at radius 3 is 2.22 bits per heavy atom. The van der Waals surface area contributed by atoms with E-state index in [0.717, 1.165) is 19.3 Å². The molecule has 0 saturated carbocycles. The van der Waals surface area contributed by atoms with Crippen LogP contribution in [0.4, 0.5) is 0 Å². The molecule has 0 amide bonds. The van der Waals surface area contributed by atoms with Gasteiger partial charge in [-0.15, -0.1) is 0 Å². The number of Topliss-reactive ketones (excluding diaryl/α,β-unsaturated/α-hetero) is 2. The number of carbonyl (C=O) groups excluding carboxylic acids is 2. The zero-order valence-electron chi connectivity index (χ0n) is 16.6. The third kappa shape index (κ3) is 5.80. The maximum atomic E-state index is 12.7. The van der Waals surface area contributed by atoms with Gasteiger partial charge in [0.1, 0.15) is 0 Å². The van der Waals surface area contributed by atoms with Crippen molar-refractivity contribution in [2.24, 2.45) is 0 Å².